The molecule has 0 unspecified atom stereocenters. The molecular formula is C25H29F6N3O5. The maximum Gasteiger partial charge on any atom is 0.491 e. The molecule has 8 nitrogen and oxygen atoms in total. The molecule has 0 saturated carbocycles. The highest BCUT2D eigenvalue weighted by atomic mass is 19.4. The highest BCUT2D eigenvalue weighted by Gasteiger charge is 2.47. The summed E-state index contributed by atoms with van der Waals surface area (Å²) in [5.41, 5.74) is -0.925. The van der Waals surface area contributed by atoms with Gasteiger partial charge >= 0.3 is 30.2 Å². The van der Waals surface area contributed by atoms with E-state index in [0.29, 0.717) is 29.7 Å². The third-order valence-corrected chi connectivity index (χ3v) is 7.38. The number of nitrogens with zero attached hydrogens (tertiary/aromatic N) is 3. The van der Waals surface area contributed by atoms with Gasteiger partial charge in [0.25, 0.3) is 0 Å². The van der Waals surface area contributed by atoms with E-state index < -0.39 is 47.5 Å². The van der Waals surface area contributed by atoms with Crippen molar-refractivity contribution >= 4 is 29.2 Å². The zero-order chi connectivity index (χ0) is 28.4. The largest absolute Gasteiger partial charge is 0.491 e. The molecule has 3 heterocycles. The summed E-state index contributed by atoms with van der Waals surface area (Å²) < 4.78 is 88.6. The normalized spacial score (nSPS) is 20.2. The first kappa shape index (κ1) is 29.1. The van der Waals surface area contributed by atoms with Gasteiger partial charge in [-0.25, -0.2) is 9.59 Å². The highest BCUT2D eigenvalue weighted by molar-refractivity contribution is 6.07. The fourth-order valence-corrected chi connectivity index (χ4v) is 5.43. The number of likely N-dealkylation sites (tertiary alicyclic amines) is 1. The summed E-state index contributed by atoms with van der Waals surface area (Å²) in [6.45, 7) is 3.23. The van der Waals surface area contributed by atoms with Gasteiger partial charge in [0.15, 0.2) is 0 Å². The van der Waals surface area contributed by atoms with Crippen LogP contribution in [0.5, 0.6) is 0 Å². The zero-order valence-corrected chi connectivity index (χ0v) is 21.0. The first-order valence-corrected chi connectivity index (χ1v) is 12.8. The second-order valence-electron chi connectivity index (χ2n) is 9.85. The van der Waals surface area contributed by atoms with Crippen molar-refractivity contribution in [2.24, 2.45) is 0 Å². The third kappa shape index (κ3) is 6.83. The minimum Gasteiger partial charge on any atom is -0.383 e. The second kappa shape index (κ2) is 11.7. The predicted octanol–water partition coefficient (Wildman–Crippen LogP) is 4.07. The van der Waals surface area contributed by atoms with Gasteiger partial charge in [0.1, 0.15) is 0 Å². The summed E-state index contributed by atoms with van der Waals surface area (Å²) in [6.07, 6.45) is -6.98. The van der Waals surface area contributed by atoms with Crippen molar-refractivity contribution in [3.8, 4) is 0 Å². The molecule has 1 aromatic rings. The molecule has 0 spiro atoms. The summed E-state index contributed by atoms with van der Waals surface area (Å²) in [5, 5.41) is 0. The molecule has 0 atom stereocenters. The first-order chi connectivity index (χ1) is 18.4. The molecule has 3 saturated heterocycles. The van der Waals surface area contributed by atoms with Crippen LogP contribution in [0.2, 0.25) is 0 Å². The quantitative estimate of drug-likeness (QED) is 0.303. The Morgan fingerprint density at radius 3 is 2.05 bits per heavy atom. The number of anilines is 2. The maximum atomic E-state index is 13.7. The fourth-order valence-electron chi connectivity index (χ4n) is 5.43. The average molecular weight is 566 g/mol. The number of ether oxygens (including phenoxy) is 2. The predicted molar refractivity (Wildman–Crippen MR) is 126 cm³/mol. The molecule has 14 heteroatoms. The Balaban J connectivity index is 1.69. The summed E-state index contributed by atoms with van der Waals surface area (Å²) in [7, 11) is 0. The molecular weight excluding hydrogens is 536 g/mol. The topological polar surface area (TPSA) is 79.4 Å². The van der Waals surface area contributed by atoms with E-state index in [1.54, 1.807) is 0 Å². The van der Waals surface area contributed by atoms with Crippen LogP contribution in [0.3, 0.4) is 0 Å². The van der Waals surface area contributed by atoms with E-state index in [0.717, 1.165) is 44.8 Å². The number of rotatable bonds is 5. The lowest BCUT2D eigenvalue weighted by molar-refractivity contribution is -0.193. The molecule has 0 aliphatic carbocycles. The van der Waals surface area contributed by atoms with E-state index in [2.05, 4.69) is 9.64 Å². The monoisotopic (exact) mass is 565 g/mol. The summed E-state index contributed by atoms with van der Waals surface area (Å²) in [6, 6.07) is 2.88. The lowest BCUT2D eigenvalue weighted by Gasteiger charge is -2.39. The number of benzene rings is 1. The standard InChI is InChI=1S/C25H29F6N3O5/c26-24(27,28)22(36)34(17-7-13-38-14-8-17)20-15-18(3-4-19(20)21(35)39-23(37)25(29,30)31)33-11-5-16(6-12-33)32-9-1-2-10-32/h3-4,15-17H,1-2,5-14H2. The van der Waals surface area contributed by atoms with Gasteiger partial charge in [-0.1, -0.05) is 0 Å². The van der Waals surface area contributed by atoms with Crippen LogP contribution in [0.15, 0.2) is 18.2 Å². The van der Waals surface area contributed by atoms with Crippen LogP contribution in [-0.4, -0.2) is 86.6 Å². The van der Waals surface area contributed by atoms with Gasteiger partial charge in [0.2, 0.25) is 0 Å². The number of halogens is 6. The number of hydrogen-bond acceptors (Lipinski definition) is 7. The van der Waals surface area contributed by atoms with Crippen molar-refractivity contribution in [3.05, 3.63) is 23.8 Å². The molecule has 0 N–H and O–H groups in total. The van der Waals surface area contributed by atoms with E-state index in [9.17, 15) is 40.7 Å². The number of carbonyl (C=O) groups is 3. The van der Waals surface area contributed by atoms with Gasteiger partial charge in [0, 0.05) is 44.1 Å². The average Bonchev–Trinajstić information content (AvgIpc) is 3.43. The van der Waals surface area contributed by atoms with Gasteiger partial charge < -0.3 is 24.2 Å². The van der Waals surface area contributed by atoms with E-state index in [1.807, 2.05) is 4.90 Å². The summed E-state index contributed by atoms with van der Waals surface area (Å²) >= 11 is 0. The van der Waals surface area contributed by atoms with Gasteiger partial charge in [0.05, 0.1) is 11.3 Å². The van der Waals surface area contributed by atoms with Crippen LogP contribution in [0, 0.1) is 0 Å². The van der Waals surface area contributed by atoms with Gasteiger partial charge in [-0.2, -0.15) is 26.3 Å². The summed E-state index contributed by atoms with van der Waals surface area (Å²) in [5.74, 6) is -6.90. The Kier molecular flexibility index (Phi) is 8.74. The minimum absolute atomic E-state index is 0.00322. The Labute approximate surface area is 220 Å². The molecule has 1 amide bonds. The molecule has 0 radical (unpaired) electrons. The lowest BCUT2D eigenvalue weighted by atomic mass is 10.0. The molecule has 4 rings (SSSR count). The summed E-state index contributed by atoms with van der Waals surface area (Å²) in [4.78, 5) is 41.3. The van der Waals surface area contributed by atoms with Crippen molar-refractivity contribution in [1.29, 1.82) is 0 Å². The molecule has 39 heavy (non-hydrogen) atoms. The van der Waals surface area contributed by atoms with E-state index in [-0.39, 0.29) is 26.1 Å². The minimum atomic E-state index is -5.50. The van der Waals surface area contributed by atoms with Crippen molar-refractivity contribution in [2.75, 3.05) is 49.2 Å². The van der Waals surface area contributed by atoms with Crippen molar-refractivity contribution in [3.63, 3.8) is 0 Å². The van der Waals surface area contributed by atoms with E-state index in [4.69, 9.17) is 4.74 Å². The van der Waals surface area contributed by atoms with Gasteiger partial charge in [-0.05, 0) is 69.8 Å². The smallest absolute Gasteiger partial charge is 0.383 e. The number of carbonyl (C=O) groups excluding carboxylic acids is 3. The molecule has 0 bridgehead atoms. The molecule has 0 aromatic heterocycles. The van der Waals surface area contributed by atoms with Crippen LogP contribution < -0.4 is 9.80 Å². The van der Waals surface area contributed by atoms with Crippen LogP contribution in [0.4, 0.5) is 37.7 Å². The molecule has 3 aliphatic rings. The molecule has 216 valence electrons. The fraction of sp³-hybridized carbons (Fsp3) is 0.640. The van der Waals surface area contributed by atoms with Gasteiger partial charge in [-0.3, -0.25) is 4.79 Å². The SMILES string of the molecule is O=C(OC(=O)C(F)(F)F)c1ccc(N2CCC(N3CCCC3)CC2)cc1N(C(=O)C(F)(F)F)C1CCOCC1. The van der Waals surface area contributed by atoms with Crippen molar-refractivity contribution in [1.82, 2.24) is 4.90 Å². The lowest BCUT2D eigenvalue weighted by Crippen LogP contribution is -2.50. The Morgan fingerprint density at radius 1 is 0.872 bits per heavy atom. The number of hydrogen-bond donors (Lipinski definition) is 0. The third-order valence-electron chi connectivity index (χ3n) is 7.38. The number of esters is 2. The Morgan fingerprint density at radius 2 is 1.49 bits per heavy atom. The molecule has 3 aliphatic heterocycles. The number of alkyl halides is 6. The van der Waals surface area contributed by atoms with Gasteiger partial charge in [-0.15, -0.1) is 0 Å². The Hall–Kier alpha value is -2.87. The zero-order valence-electron chi connectivity index (χ0n) is 21.0. The van der Waals surface area contributed by atoms with Crippen LogP contribution >= 0.6 is 0 Å². The van der Waals surface area contributed by atoms with Crippen LogP contribution in [0.1, 0.15) is 48.9 Å². The second-order valence-corrected chi connectivity index (χ2v) is 9.85. The number of amides is 1. The molecule has 1 aromatic carbocycles. The van der Waals surface area contributed by atoms with E-state index in [1.165, 1.54) is 12.1 Å². The van der Waals surface area contributed by atoms with Crippen LogP contribution in [0.25, 0.3) is 0 Å². The van der Waals surface area contributed by atoms with Crippen molar-refractivity contribution < 1.29 is 50.2 Å². The van der Waals surface area contributed by atoms with Crippen molar-refractivity contribution in [2.45, 2.75) is 63.0 Å². The highest BCUT2D eigenvalue weighted by Crippen LogP contribution is 2.36. The van der Waals surface area contributed by atoms with E-state index >= 15 is 0 Å². The first-order valence-electron chi connectivity index (χ1n) is 12.8. The molecule has 3 fully saturated rings. The Bertz CT molecular complexity index is 1060. The number of piperidine rings is 1. The van der Waals surface area contributed by atoms with Crippen LogP contribution in [-0.2, 0) is 19.1 Å². The maximum absolute atomic E-state index is 13.7.